The lowest BCUT2D eigenvalue weighted by atomic mass is 10.0. The van der Waals surface area contributed by atoms with E-state index in [9.17, 15) is 9.90 Å². The first kappa shape index (κ1) is 15.3. The Kier molecular flexibility index (Phi) is 4.64. The van der Waals surface area contributed by atoms with Crippen LogP contribution >= 0.6 is 0 Å². The zero-order chi connectivity index (χ0) is 15.5. The van der Waals surface area contributed by atoms with Gasteiger partial charge in [-0.2, -0.15) is 0 Å². The van der Waals surface area contributed by atoms with E-state index in [-0.39, 0.29) is 12.0 Å². The predicted molar refractivity (Wildman–Crippen MR) is 85.1 cm³/mol. The summed E-state index contributed by atoms with van der Waals surface area (Å²) in [7, 11) is 2.01. The van der Waals surface area contributed by atoms with Crippen molar-refractivity contribution in [1.29, 1.82) is 0 Å². The fourth-order valence-electron chi connectivity index (χ4n) is 2.81. The first-order chi connectivity index (χ1) is 10.6. The maximum atomic E-state index is 11.3. The molecule has 1 aromatic carbocycles. The van der Waals surface area contributed by atoms with E-state index in [0.29, 0.717) is 25.5 Å². The number of nitrogens with one attached hydrogen (secondary N) is 1. The number of amides is 1. The number of anilines is 1. The standard InChI is InChI=1S/C17H24N2O3/c1-19(11-16(20)12-2-3-12)8-9-22-14-5-6-15-13(10-14)4-7-17(21)18-15/h5-6,10,12,16,20H,2-4,7-9,11H2,1H3,(H,18,21). The molecule has 5 nitrogen and oxygen atoms in total. The molecular weight excluding hydrogens is 280 g/mol. The molecule has 22 heavy (non-hydrogen) atoms. The molecular formula is C17H24N2O3. The summed E-state index contributed by atoms with van der Waals surface area (Å²) >= 11 is 0. The smallest absolute Gasteiger partial charge is 0.224 e. The average Bonchev–Trinajstić information content (AvgIpc) is 3.32. The Hall–Kier alpha value is -1.59. The maximum absolute atomic E-state index is 11.3. The summed E-state index contributed by atoms with van der Waals surface area (Å²) in [4.78, 5) is 13.4. The van der Waals surface area contributed by atoms with Crippen LogP contribution in [0.5, 0.6) is 5.75 Å². The maximum Gasteiger partial charge on any atom is 0.224 e. The number of likely N-dealkylation sites (N-methyl/N-ethyl adjacent to an activating group) is 1. The third-order valence-electron chi connectivity index (χ3n) is 4.38. The molecule has 0 radical (unpaired) electrons. The van der Waals surface area contributed by atoms with Gasteiger partial charge in [-0.1, -0.05) is 0 Å². The summed E-state index contributed by atoms with van der Waals surface area (Å²) in [6.45, 7) is 2.10. The van der Waals surface area contributed by atoms with Crippen molar-refractivity contribution >= 4 is 11.6 Å². The SMILES string of the molecule is CN(CCOc1ccc2c(c1)CCC(=O)N2)CC(O)C1CC1. The number of ether oxygens (including phenoxy) is 1. The van der Waals surface area contributed by atoms with E-state index in [4.69, 9.17) is 4.74 Å². The quantitative estimate of drug-likeness (QED) is 0.804. The van der Waals surface area contributed by atoms with Gasteiger partial charge in [0.15, 0.2) is 0 Å². The lowest BCUT2D eigenvalue weighted by Crippen LogP contribution is -2.33. The lowest BCUT2D eigenvalue weighted by Gasteiger charge is -2.21. The number of benzene rings is 1. The second-order valence-electron chi connectivity index (χ2n) is 6.38. The van der Waals surface area contributed by atoms with E-state index in [0.717, 1.165) is 42.8 Å². The third-order valence-corrected chi connectivity index (χ3v) is 4.38. The van der Waals surface area contributed by atoms with Gasteiger partial charge >= 0.3 is 0 Å². The van der Waals surface area contributed by atoms with E-state index in [2.05, 4.69) is 10.2 Å². The Morgan fingerprint density at radius 2 is 2.23 bits per heavy atom. The average molecular weight is 304 g/mol. The minimum Gasteiger partial charge on any atom is -0.492 e. The molecule has 1 aromatic rings. The number of carbonyl (C=O) groups excluding carboxylic acids is 1. The van der Waals surface area contributed by atoms with Crippen LogP contribution in [0, 0.1) is 5.92 Å². The van der Waals surface area contributed by atoms with Crippen molar-refractivity contribution in [3.05, 3.63) is 23.8 Å². The molecule has 120 valence electrons. The van der Waals surface area contributed by atoms with Gasteiger partial charge in [-0.05, 0) is 56.0 Å². The molecule has 1 saturated carbocycles. The molecule has 0 bridgehead atoms. The van der Waals surface area contributed by atoms with Crippen LogP contribution in [0.25, 0.3) is 0 Å². The summed E-state index contributed by atoms with van der Waals surface area (Å²) < 4.78 is 5.79. The molecule has 1 aliphatic heterocycles. The number of fused-ring (bicyclic) bond motifs is 1. The van der Waals surface area contributed by atoms with Crippen LogP contribution in [-0.2, 0) is 11.2 Å². The van der Waals surface area contributed by atoms with Crippen LogP contribution < -0.4 is 10.1 Å². The van der Waals surface area contributed by atoms with Crippen molar-refractivity contribution in [2.45, 2.75) is 31.8 Å². The van der Waals surface area contributed by atoms with Crippen LogP contribution in [-0.4, -0.2) is 48.8 Å². The van der Waals surface area contributed by atoms with Crippen LogP contribution in [0.15, 0.2) is 18.2 Å². The monoisotopic (exact) mass is 304 g/mol. The molecule has 1 atom stereocenters. The highest BCUT2D eigenvalue weighted by atomic mass is 16.5. The van der Waals surface area contributed by atoms with Crippen molar-refractivity contribution in [1.82, 2.24) is 4.90 Å². The molecule has 0 saturated heterocycles. The normalized spacial score (nSPS) is 18.8. The number of aryl methyl sites for hydroxylation is 1. The Morgan fingerprint density at radius 1 is 1.41 bits per heavy atom. The summed E-state index contributed by atoms with van der Waals surface area (Å²) in [5, 5.41) is 12.8. The first-order valence-electron chi connectivity index (χ1n) is 8.04. The predicted octanol–water partition coefficient (Wildman–Crippen LogP) is 1.65. The second-order valence-corrected chi connectivity index (χ2v) is 6.38. The Labute approximate surface area is 131 Å². The zero-order valence-electron chi connectivity index (χ0n) is 13.0. The minimum atomic E-state index is -0.197. The second kappa shape index (κ2) is 6.67. The number of hydrogen-bond donors (Lipinski definition) is 2. The summed E-state index contributed by atoms with van der Waals surface area (Å²) in [6, 6.07) is 5.81. The van der Waals surface area contributed by atoms with Crippen molar-refractivity contribution in [2.24, 2.45) is 5.92 Å². The number of nitrogens with zero attached hydrogens (tertiary/aromatic N) is 1. The Morgan fingerprint density at radius 3 is 3.00 bits per heavy atom. The summed E-state index contributed by atoms with van der Waals surface area (Å²) in [5.41, 5.74) is 2.03. The van der Waals surface area contributed by atoms with Crippen LogP contribution in [0.4, 0.5) is 5.69 Å². The molecule has 1 amide bonds. The van der Waals surface area contributed by atoms with Crippen LogP contribution in [0.1, 0.15) is 24.8 Å². The van der Waals surface area contributed by atoms with Gasteiger partial charge in [0.2, 0.25) is 5.91 Å². The molecule has 2 aliphatic rings. The Balaban J connectivity index is 1.44. The van der Waals surface area contributed by atoms with E-state index in [1.165, 1.54) is 0 Å². The minimum absolute atomic E-state index is 0.0806. The molecule has 1 aliphatic carbocycles. The van der Waals surface area contributed by atoms with Crippen molar-refractivity contribution < 1.29 is 14.6 Å². The van der Waals surface area contributed by atoms with Gasteiger partial charge in [0.25, 0.3) is 0 Å². The van der Waals surface area contributed by atoms with E-state index in [1.54, 1.807) is 0 Å². The van der Waals surface area contributed by atoms with Gasteiger partial charge in [0.05, 0.1) is 6.10 Å². The highest BCUT2D eigenvalue weighted by Crippen LogP contribution is 2.32. The first-order valence-corrected chi connectivity index (χ1v) is 8.04. The van der Waals surface area contributed by atoms with Gasteiger partial charge in [0.1, 0.15) is 12.4 Å². The van der Waals surface area contributed by atoms with Crippen LogP contribution in [0.2, 0.25) is 0 Å². The van der Waals surface area contributed by atoms with E-state index < -0.39 is 0 Å². The molecule has 2 N–H and O–H groups in total. The Bertz CT molecular complexity index is 543. The molecule has 0 spiro atoms. The third kappa shape index (κ3) is 3.99. The van der Waals surface area contributed by atoms with Crippen molar-refractivity contribution in [3.63, 3.8) is 0 Å². The summed E-state index contributed by atoms with van der Waals surface area (Å²) in [6.07, 6.45) is 3.44. The fourth-order valence-corrected chi connectivity index (χ4v) is 2.81. The topological polar surface area (TPSA) is 61.8 Å². The van der Waals surface area contributed by atoms with Gasteiger partial charge in [-0.25, -0.2) is 0 Å². The number of rotatable bonds is 7. The number of aliphatic hydroxyl groups excluding tert-OH is 1. The van der Waals surface area contributed by atoms with E-state index >= 15 is 0 Å². The molecule has 1 unspecified atom stereocenters. The van der Waals surface area contributed by atoms with Gasteiger partial charge < -0.3 is 20.1 Å². The fraction of sp³-hybridized carbons (Fsp3) is 0.588. The highest BCUT2D eigenvalue weighted by Gasteiger charge is 2.30. The highest BCUT2D eigenvalue weighted by molar-refractivity contribution is 5.93. The van der Waals surface area contributed by atoms with E-state index in [1.807, 2.05) is 25.2 Å². The van der Waals surface area contributed by atoms with Crippen LogP contribution in [0.3, 0.4) is 0 Å². The van der Waals surface area contributed by atoms with Gasteiger partial charge in [-0.3, -0.25) is 4.79 Å². The molecule has 1 fully saturated rings. The molecule has 5 heteroatoms. The molecule has 3 rings (SSSR count). The zero-order valence-corrected chi connectivity index (χ0v) is 13.0. The number of hydrogen-bond acceptors (Lipinski definition) is 4. The largest absolute Gasteiger partial charge is 0.492 e. The van der Waals surface area contributed by atoms with Gasteiger partial charge in [0, 0.05) is 25.2 Å². The molecule has 1 heterocycles. The number of carbonyl (C=O) groups is 1. The van der Waals surface area contributed by atoms with Crippen molar-refractivity contribution in [3.8, 4) is 5.75 Å². The van der Waals surface area contributed by atoms with Crippen molar-refractivity contribution in [2.75, 3.05) is 32.1 Å². The lowest BCUT2D eigenvalue weighted by molar-refractivity contribution is -0.116. The summed E-state index contributed by atoms with van der Waals surface area (Å²) in [5.74, 6) is 1.43. The number of aliphatic hydroxyl groups is 1. The van der Waals surface area contributed by atoms with Gasteiger partial charge in [-0.15, -0.1) is 0 Å². The molecule has 0 aromatic heterocycles.